The molecule has 0 amide bonds. The normalized spacial score (nSPS) is 12.7. The molecule has 8 heteroatoms. The van der Waals surface area contributed by atoms with Crippen molar-refractivity contribution in [1.82, 2.24) is 9.97 Å². The third-order valence-corrected chi connectivity index (χ3v) is 6.74. The van der Waals surface area contributed by atoms with Crippen molar-refractivity contribution >= 4 is 56.6 Å². The summed E-state index contributed by atoms with van der Waals surface area (Å²) in [6.45, 7) is 0. The summed E-state index contributed by atoms with van der Waals surface area (Å²) in [5, 5.41) is 2.74. The van der Waals surface area contributed by atoms with Crippen molar-refractivity contribution in [3.63, 3.8) is 0 Å². The average molecular weight is 494 g/mol. The topological polar surface area (TPSA) is 31.6 Å². The number of nitrogens with one attached hydrogen (secondary N) is 2. The fraction of sp³-hybridized carbons (Fsp3) is 0.0833. The number of H-pyrrole nitrogens is 2. The number of aromatic nitrogens is 2. The summed E-state index contributed by atoms with van der Waals surface area (Å²) in [5.74, 6) is 0. The second-order valence-corrected chi connectivity index (χ2v) is 8.96. The largest absolute Gasteiger partial charge is 0.416 e. The van der Waals surface area contributed by atoms with Crippen molar-refractivity contribution in [1.29, 1.82) is 0 Å². The Bertz CT molecular complexity index is 1370. The van der Waals surface area contributed by atoms with Crippen LogP contribution in [0.25, 0.3) is 21.8 Å². The molecule has 0 aliphatic rings. The maximum atomic E-state index is 13.2. The first kappa shape index (κ1) is 21.3. The molecule has 5 aromatic rings. The van der Waals surface area contributed by atoms with Gasteiger partial charge in [-0.1, -0.05) is 47.5 Å². The molecular formula is C24H14Cl3F3N2. The Morgan fingerprint density at radius 2 is 1.06 bits per heavy atom. The lowest BCUT2D eigenvalue weighted by molar-refractivity contribution is -0.137. The number of hydrogen-bond acceptors (Lipinski definition) is 0. The van der Waals surface area contributed by atoms with Crippen LogP contribution in [0.5, 0.6) is 0 Å². The quantitative estimate of drug-likeness (QED) is 0.236. The first-order valence-corrected chi connectivity index (χ1v) is 10.7. The molecule has 5 rings (SSSR count). The lowest BCUT2D eigenvalue weighted by Crippen LogP contribution is -2.22. The SMILES string of the molecule is FC(F)(F)c1ccc(C(Cl)(c2c[nH]c3cc(Cl)ccc23)c2c[nH]c3cc(Cl)ccc23)cc1. The summed E-state index contributed by atoms with van der Waals surface area (Å²) in [6, 6.07) is 15.7. The summed E-state index contributed by atoms with van der Waals surface area (Å²) in [6.07, 6.45) is -0.913. The predicted octanol–water partition coefficient (Wildman–Crippen LogP) is 8.51. The smallest absolute Gasteiger partial charge is 0.361 e. The van der Waals surface area contributed by atoms with Crippen LogP contribution in [0.15, 0.2) is 73.1 Å². The monoisotopic (exact) mass is 492 g/mol. The molecule has 0 radical (unpaired) electrons. The minimum absolute atomic E-state index is 0.499. The number of rotatable bonds is 3. The predicted molar refractivity (Wildman–Crippen MR) is 124 cm³/mol. The van der Waals surface area contributed by atoms with Crippen LogP contribution in [-0.2, 0) is 11.1 Å². The van der Waals surface area contributed by atoms with E-state index in [1.807, 2.05) is 12.1 Å². The molecule has 0 saturated heterocycles. The van der Waals surface area contributed by atoms with Gasteiger partial charge in [0, 0.05) is 55.4 Å². The second kappa shape index (κ2) is 7.48. The van der Waals surface area contributed by atoms with Crippen molar-refractivity contribution in [2.75, 3.05) is 0 Å². The highest BCUT2D eigenvalue weighted by Gasteiger charge is 2.39. The van der Waals surface area contributed by atoms with E-state index in [4.69, 9.17) is 34.8 Å². The molecule has 0 saturated carbocycles. The fourth-order valence-electron chi connectivity index (χ4n) is 4.11. The zero-order valence-corrected chi connectivity index (χ0v) is 18.5. The highest BCUT2D eigenvalue weighted by Crippen LogP contribution is 2.48. The molecule has 0 spiro atoms. The first-order chi connectivity index (χ1) is 15.2. The Morgan fingerprint density at radius 1 is 0.625 bits per heavy atom. The van der Waals surface area contributed by atoms with Crippen molar-refractivity contribution in [2.45, 2.75) is 11.1 Å². The van der Waals surface area contributed by atoms with Gasteiger partial charge in [0.1, 0.15) is 4.87 Å². The van der Waals surface area contributed by atoms with E-state index < -0.39 is 16.6 Å². The molecule has 3 aromatic carbocycles. The van der Waals surface area contributed by atoms with Gasteiger partial charge in [-0.3, -0.25) is 0 Å². The van der Waals surface area contributed by atoms with Gasteiger partial charge in [0.25, 0.3) is 0 Å². The van der Waals surface area contributed by atoms with Gasteiger partial charge in [-0.05, 0) is 42.0 Å². The molecule has 162 valence electrons. The number of fused-ring (bicyclic) bond motifs is 2. The Morgan fingerprint density at radius 3 is 1.50 bits per heavy atom. The Kier molecular flexibility index (Phi) is 4.97. The van der Waals surface area contributed by atoms with Crippen LogP contribution in [0.1, 0.15) is 22.3 Å². The second-order valence-electron chi connectivity index (χ2n) is 7.52. The Hall–Kier alpha value is -2.60. The lowest BCUT2D eigenvalue weighted by atomic mass is 9.83. The molecule has 0 atom stereocenters. The third-order valence-electron chi connectivity index (χ3n) is 5.64. The van der Waals surface area contributed by atoms with Gasteiger partial charge < -0.3 is 9.97 Å². The highest BCUT2D eigenvalue weighted by atomic mass is 35.5. The minimum Gasteiger partial charge on any atom is -0.361 e. The van der Waals surface area contributed by atoms with Crippen LogP contribution < -0.4 is 0 Å². The molecule has 0 bridgehead atoms. The van der Waals surface area contributed by atoms with Crippen LogP contribution in [0.4, 0.5) is 13.2 Å². The molecule has 0 aliphatic heterocycles. The number of alkyl halides is 4. The van der Waals surface area contributed by atoms with Gasteiger partial charge in [0.15, 0.2) is 0 Å². The number of aromatic amines is 2. The van der Waals surface area contributed by atoms with E-state index >= 15 is 0 Å². The molecule has 2 nitrogen and oxygen atoms in total. The minimum atomic E-state index is -4.44. The highest BCUT2D eigenvalue weighted by molar-refractivity contribution is 6.33. The van der Waals surface area contributed by atoms with Gasteiger partial charge in [-0.25, -0.2) is 0 Å². The number of benzene rings is 3. The van der Waals surface area contributed by atoms with E-state index in [1.165, 1.54) is 12.1 Å². The van der Waals surface area contributed by atoms with Crippen molar-refractivity contribution < 1.29 is 13.2 Å². The summed E-state index contributed by atoms with van der Waals surface area (Å²) in [7, 11) is 0. The Labute approximate surface area is 195 Å². The van der Waals surface area contributed by atoms with Gasteiger partial charge in [0.2, 0.25) is 0 Å². The van der Waals surface area contributed by atoms with E-state index in [9.17, 15) is 13.2 Å². The number of hydrogen-bond donors (Lipinski definition) is 2. The summed E-state index contributed by atoms with van der Waals surface area (Å²) in [5.41, 5.74) is 2.69. The van der Waals surface area contributed by atoms with Gasteiger partial charge in [-0.2, -0.15) is 13.2 Å². The van der Waals surface area contributed by atoms with E-state index in [1.54, 1.807) is 36.7 Å². The molecule has 0 unspecified atom stereocenters. The zero-order valence-electron chi connectivity index (χ0n) is 16.2. The molecule has 2 aromatic heterocycles. The van der Waals surface area contributed by atoms with E-state index in [0.29, 0.717) is 26.7 Å². The maximum absolute atomic E-state index is 13.2. The lowest BCUT2D eigenvalue weighted by Gasteiger charge is -2.28. The molecule has 0 aliphatic carbocycles. The van der Waals surface area contributed by atoms with Gasteiger partial charge in [0.05, 0.1) is 5.56 Å². The molecule has 32 heavy (non-hydrogen) atoms. The van der Waals surface area contributed by atoms with Crippen LogP contribution in [0, 0.1) is 0 Å². The molecule has 2 heterocycles. The average Bonchev–Trinajstić information content (AvgIpc) is 3.36. The molecule has 2 N–H and O–H groups in total. The molecule has 0 fully saturated rings. The zero-order chi connectivity index (χ0) is 22.7. The summed E-state index contributed by atoms with van der Waals surface area (Å²) >= 11 is 19.7. The van der Waals surface area contributed by atoms with Crippen LogP contribution in [-0.4, -0.2) is 9.97 Å². The van der Waals surface area contributed by atoms with Crippen LogP contribution in [0.3, 0.4) is 0 Å². The summed E-state index contributed by atoms with van der Waals surface area (Å²) < 4.78 is 39.6. The summed E-state index contributed by atoms with van der Waals surface area (Å²) in [4.78, 5) is 5.07. The van der Waals surface area contributed by atoms with Crippen molar-refractivity contribution in [3.8, 4) is 0 Å². The van der Waals surface area contributed by atoms with E-state index in [0.717, 1.165) is 33.9 Å². The van der Waals surface area contributed by atoms with Crippen LogP contribution in [0.2, 0.25) is 10.0 Å². The standard InChI is InChI=1S/C24H14Cl3F3N2/c25-15-5-7-17-19(11-31-21(17)9-15)23(27,13-1-3-14(4-2-13)24(28,29)30)20-12-32-22-10-16(26)6-8-18(20)22/h1-12,31-32H. The van der Waals surface area contributed by atoms with Crippen LogP contribution >= 0.6 is 34.8 Å². The Balaban J connectivity index is 1.80. The van der Waals surface area contributed by atoms with Gasteiger partial charge in [-0.15, -0.1) is 11.6 Å². The van der Waals surface area contributed by atoms with Crippen molar-refractivity contribution in [2.24, 2.45) is 0 Å². The van der Waals surface area contributed by atoms with Crippen molar-refractivity contribution in [3.05, 3.63) is 105 Å². The number of halogens is 6. The first-order valence-electron chi connectivity index (χ1n) is 9.59. The fourth-order valence-corrected chi connectivity index (χ4v) is 4.89. The van der Waals surface area contributed by atoms with E-state index in [-0.39, 0.29) is 0 Å². The molecular weight excluding hydrogens is 480 g/mol. The van der Waals surface area contributed by atoms with E-state index in [2.05, 4.69) is 9.97 Å². The third kappa shape index (κ3) is 3.36. The van der Waals surface area contributed by atoms with Gasteiger partial charge >= 0.3 is 6.18 Å². The maximum Gasteiger partial charge on any atom is 0.416 e.